The van der Waals surface area contributed by atoms with Gasteiger partial charge in [-0.1, -0.05) is 23.7 Å². The molecule has 2 heterocycles. The van der Waals surface area contributed by atoms with Crippen LogP contribution in [0.2, 0.25) is 5.02 Å². The van der Waals surface area contributed by atoms with E-state index in [2.05, 4.69) is 10.1 Å². The molecule has 1 atom stereocenters. The van der Waals surface area contributed by atoms with Gasteiger partial charge in [0, 0.05) is 45.8 Å². The number of halogens is 1. The lowest BCUT2D eigenvalue weighted by Gasteiger charge is -2.01. The molecule has 0 saturated carbocycles. The third-order valence-corrected chi connectivity index (χ3v) is 5.52. The summed E-state index contributed by atoms with van der Waals surface area (Å²) in [6, 6.07) is 7.44. The highest BCUT2D eigenvalue weighted by Crippen LogP contribution is 2.23. The van der Waals surface area contributed by atoms with Crippen LogP contribution < -0.4 is 0 Å². The molecule has 3 aromatic rings. The van der Waals surface area contributed by atoms with Crippen molar-refractivity contribution >= 4 is 33.7 Å². The van der Waals surface area contributed by atoms with E-state index in [0.29, 0.717) is 16.5 Å². The summed E-state index contributed by atoms with van der Waals surface area (Å²) >= 11 is 7.40. The quantitative estimate of drug-likeness (QED) is 0.705. The van der Waals surface area contributed by atoms with Gasteiger partial charge in [-0.2, -0.15) is 5.10 Å². The monoisotopic (exact) mass is 351 g/mol. The maximum atomic E-state index is 12.2. The molecule has 0 aliphatic rings. The van der Waals surface area contributed by atoms with Crippen molar-refractivity contribution in [3.05, 3.63) is 58.3 Å². The smallest absolute Gasteiger partial charge is 0.126 e. The molecule has 1 aromatic carbocycles. The van der Waals surface area contributed by atoms with Gasteiger partial charge in [-0.25, -0.2) is 4.98 Å². The number of thiazole rings is 1. The van der Waals surface area contributed by atoms with E-state index >= 15 is 0 Å². The molecule has 2 aromatic heterocycles. The van der Waals surface area contributed by atoms with Crippen LogP contribution in [-0.4, -0.2) is 19.0 Å². The second kappa shape index (κ2) is 6.73. The zero-order chi connectivity index (χ0) is 15.5. The molecular weight excluding hydrogens is 338 g/mol. The molecular formula is C15H14ClN3OS2. The van der Waals surface area contributed by atoms with Crippen LogP contribution in [0, 0.1) is 0 Å². The molecule has 3 rings (SSSR count). The Morgan fingerprint density at radius 1 is 1.27 bits per heavy atom. The van der Waals surface area contributed by atoms with Crippen molar-refractivity contribution in [2.24, 2.45) is 7.05 Å². The second-order valence-corrected chi connectivity index (χ2v) is 7.65. The molecule has 0 spiro atoms. The standard InChI is InChI=1S/C15H14ClN3OS2/c1-19-7-12(6-17-19)15-18-14(8-21-15)10-22(20)9-11-2-4-13(16)5-3-11/h2-8H,9-10H2,1H3/t22-/m0/s1. The van der Waals surface area contributed by atoms with Crippen LogP contribution in [0.25, 0.3) is 10.6 Å². The van der Waals surface area contributed by atoms with Crippen molar-refractivity contribution in [1.82, 2.24) is 14.8 Å². The first-order valence-corrected chi connectivity index (χ1v) is 9.37. The van der Waals surface area contributed by atoms with E-state index in [4.69, 9.17) is 11.6 Å². The highest BCUT2D eigenvalue weighted by molar-refractivity contribution is 7.83. The molecule has 0 unspecified atom stereocenters. The van der Waals surface area contributed by atoms with Crippen LogP contribution in [0.1, 0.15) is 11.3 Å². The summed E-state index contributed by atoms with van der Waals surface area (Å²) in [6.45, 7) is 0. The fourth-order valence-corrected chi connectivity index (χ4v) is 4.19. The van der Waals surface area contributed by atoms with Gasteiger partial charge in [-0.05, 0) is 17.7 Å². The summed E-state index contributed by atoms with van der Waals surface area (Å²) in [5.41, 5.74) is 2.86. The number of benzene rings is 1. The minimum absolute atomic E-state index is 0.458. The lowest BCUT2D eigenvalue weighted by molar-refractivity contribution is 0.681. The second-order valence-electron chi connectivity index (χ2n) is 4.90. The van der Waals surface area contributed by atoms with Gasteiger partial charge in [0.15, 0.2) is 0 Å². The Kier molecular flexibility index (Phi) is 4.71. The normalized spacial score (nSPS) is 12.5. The molecule has 0 N–H and O–H groups in total. The highest BCUT2D eigenvalue weighted by atomic mass is 35.5. The van der Waals surface area contributed by atoms with Gasteiger partial charge in [0.05, 0.1) is 17.6 Å². The van der Waals surface area contributed by atoms with Crippen molar-refractivity contribution in [3.8, 4) is 10.6 Å². The van der Waals surface area contributed by atoms with Crippen LogP contribution in [0.15, 0.2) is 42.0 Å². The largest absolute Gasteiger partial charge is 0.275 e. The Bertz CT molecular complexity index is 795. The number of nitrogens with zero attached hydrogens (tertiary/aromatic N) is 3. The summed E-state index contributed by atoms with van der Waals surface area (Å²) in [5, 5.41) is 7.70. The summed E-state index contributed by atoms with van der Waals surface area (Å²) in [4.78, 5) is 4.54. The Labute approximate surface area is 140 Å². The molecule has 0 aliphatic heterocycles. The van der Waals surface area contributed by atoms with Crippen molar-refractivity contribution in [3.63, 3.8) is 0 Å². The lowest BCUT2D eigenvalue weighted by Crippen LogP contribution is -1.99. The van der Waals surface area contributed by atoms with Gasteiger partial charge >= 0.3 is 0 Å². The summed E-state index contributed by atoms with van der Waals surface area (Å²) in [5.74, 6) is 0.969. The fraction of sp³-hybridized carbons (Fsp3) is 0.200. The first-order chi connectivity index (χ1) is 10.6. The number of aryl methyl sites for hydroxylation is 1. The summed E-state index contributed by atoms with van der Waals surface area (Å²) in [6.07, 6.45) is 3.71. The van der Waals surface area contributed by atoms with E-state index in [0.717, 1.165) is 21.8 Å². The summed E-state index contributed by atoms with van der Waals surface area (Å²) < 4.78 is 14.0. The van der Waals surface area contributed by atoms with Gasteiger partial charge in [0.2, 0.25) is 0 Å². The van der Waals surface area contributed by atoms with Gasteiger partial charge < -0.3 is 0 Å². The molecule has 0 aliphatic carbocycles. The molecule has 4 nitrogen and oxygen atoms in total. The van der Waals surface area contributed by atoms with E-state index in [1.165, 1.54) is 0 Å². The molecule has 0 amide bonds. The average molecular weight is 352 g/mol. The van der Waals surface area contributed by atoms with E-state index in [-0.39, 0.29) is 0 Å². The molecule has 114 valence electrons. The Morgan fingerprint density at radius 3 is 2.73 bits per heavy atom. The Hall–Kier alpha value is -1.50. The Morgan fingerprint density at radius 2 is 2.05 bits per heavy atom. The van der Waals surface area contributed by atoms with Gasteiger partial charge in [0.1, 0.15) is 5.01 Å². The first-order valence-electron chi connectivity index (χ1n) is 6.63. The van der Waals surface area contributed by atoms with Gasteiger partial charge in [-0.3, -0.25) is 8.89 Å². The topological polar surface area (TPSA) is 47.8 Å². The van der Waals surface area contributed by atoms with E-state index < -0.39 is 10.8 Å². The average Bonchev–Trinajstić information content (AvgIpc) is 3.10. The maximum absolute atomic E-state index is 12.2. The van der Waals surface area contributed by atoms with E-state index in [9.17, 15) is 4.21 Å². The number of rotatable bonds is 5. The van der Waals surface area contributed by atoms with E-state index in [1.54, 1.807) is 22.2 Å². The third kappa shape index (κ3) is 3.82. The molecule has 0 radical (unpaired) electrons. The molecule has 22 heavy (non-hydrogen) atoms. The fourth-order valence-electron chi connectivity index (χ4n) is 2.02. The zero-order valence-corrected chi connectivity index (χ0v) is 14.3. The zero-order valence-electron chi connectivity index (χ0n) is 11.9. The minimum Gasteiger partial charge on any atom is -0.275 e. The molecule has 0 fully saturated rings. The predicted molar refractivity (Wildman–Crippen MR) is 91.3 cm³/mol. The molecule has 0 bridgehead atoms. The molecule has 0 saturated heterocycles. The van der Waals surface area contributed by atoms with Crippen LogP contribution >= 0.6 is 22.9 Å². The first kappa shape index (κ1) is 15.4. The number of hydrogen-bond acceptors (Lipinski definition) is 4. The van der Waals surface area contributed by atoms with E-state index in [1.807, 2.05) is 42.9 Å². The molecule has 7 heteroatoms. The number of aromatic nitrogens is 3. The van der Waals surface area contributed by atoms with Crippen LogP contribution in [-0.2, 0) is 29.4 Å². The predicted octanol–water partition coefficient (Wildman–Crippen LogP) is 3.65. The van der Waals surface area contributed by atoms with Crippen molar-refractivity contribution in [2.45, 2.75) is 11.5 Å². The van der Waals surface area contributed by atoms with Gasteiger partial charge in [0.25, 0.3) is 0 Å². The van der Waals surface area contributed by atoms with Gasteiger partial charge in [-0.15, -0.1) is 11.3 Å². The number of hydrogen-bond donors (Lipinski definition) is 0. The van der Waals surface area contributed by atoms with Crippen molar-refractivity contribution < 1.29 is 4.21 Å². The van der Waals surface area contributed by atoms with Crippen LogP contribution in [0.4, 0.5) is 0 Å². The minimum atomic E-state index is -0.986. The lowest BCUT2D eigenvalue weighted by atomic mass is 10.2. The maximum Gasteiger partial charge on any atom is 0.126 e. The third-order valence-electron chi connectivity index (χ3n) is 3.05. The Balaban J connectivity index is 1.64. The van der Waals surface area contributed by atoms with Crippen molar-refractivity contribution in [1.29, 1.82) is 0 Å². The summed E-state index contributed by atoms with van der Waals surface area (Å²) in [7, 11) is 0.888. The van der Waals surface area contributed by atoms with Crippen molar-refractivity contribution in [2.75, 3.05) is 0 Å². The SMILES string of the molecule is Cn1cc(-c2nc(C[S@@](=O)Cc3ccc(Cl)cc3)cs2)cn1. The van der Waals surface area contributed by atoms with Crippen LogP contribution in [0.3, 0.4) is 0 Å². The van der Waals surface area contributed by atoms with Crippen LogP contribution in [0.5, 0.6) is 0 Å². The highest BCUT2D eigenvalue weighted by Gasteiger charge is 2.10.